The van der Waals surface area contributed by atoms with Crippen LogP contribution in [0.25, 0.3) is 0 Å². The molecule has 0 spiro atoms. The molecule has 0 bridgehead atoms. The van der Waals surface area contributed by atoms with Gasteiger partial charge in [0.1, 0.15) is 5.82 Å². The zero-order valence-electron chi connectivity index (χ0n) is 15.9. The Morgan fingerprint density at radius 2 is 2.11 bits per heavy atom. The molecule has 2 aromatic rings. The maximum Gasteiger partial charge on any atom is 0.319 e. The summed E-state index contributed by atoms with van der Waals surface area (Å²) in [7, 11) is 5.11. The first-order valence-corrected chi connectivity index (χ1v) is 8.92. The van der Waals surface area contributed by atoms with Crippen LogP contribution in [0.3, 0.4) is 0 Å². The molecule has 1 aliphatic heterocycles. The van der Waals surface area contributed by atoms with E-state index in [4.69, 9.17) is 0 Å². The molecule has 1 aliphatic rings. The lowest BCUT2D eigenvalue weighted by atomic mass is 10.2. The first kappa shape index (κ1) is 18.7. The first-order valence-electron chi connectivity index (χ1n) is 8.92. The second-order valence-electron chi connectivity index (χ2n) is 6.63. The van der Waals surface area contributed by atoms with Crippen LogP contribution >= 0.6 is 0 Å². The number of urea groups is 1. The van der Waals surface area contributed by atoms with Crippen molar-refractivity contribution >= 4 is 17.8 Å². The molecule has 0 fully saturated rings. The summed E-state index contributed by atoms with van der Waals surface area (Å²) in [4.78, 5) is 31.9. The molecule has 2 N–H and O–H groups in total. The predicted molar refractivity (Wildman–Crippen MR) is 101 cm³/mol. The van der Waals surface area contributed by atoms with Crippen LogP contribution in [0.2, 0.25) is 0 Å². The molecule has 3 heterocycles. The van der Waals surface area contributed by atoms with E-state index in [1.807, 2.05) is 15.6 Å². The van der Waals surface area contributed by atoms with Gasteiger partial charge in [-0.15, -0.1) is 0 Å². The minimum atomic E-state index is -0.191. The largest absolute Gasteiger partial charge is 0.364 e. The summed E-state index contributed by atoms with van der Waals surface area (Å²) in [5, 5.41) is 10.4. The molecule has 0 saturated heterocycles. The lowest BCUT2D eigenvalue weighted by molar-refractivity contribution is 0.0963. The number of nitrogens with one attached hydrogen (secondary N) is 2. The van der Waals surface area contributed by atoms with Gasteiger partial charge in [0, 0.05) is 40.4 Å². The number of hydrogen-bond donors (Lipinski definition) is 2. The van der Waals surface area contributed by atoms with Crippen molar-refractivity contribution in [1.29, 1.82) is 0 Å². The van der Waals surface area contributed by atoms with Gasteiger partial charge in [0.05, 0.1) is 30.0 Å². The standard InChI is InChI=1S/C18H25N7O2/c1-19-17(26)15-6-4-7-20-16(15)21-11-13-10-14-12-24(18(27)23(2)3)8-5-9-25(14)22-13/h4,6-7,10H,5,8-9,11-12H2,1-3H3,(H,19,26)(H,20,21). The maximum absolute atomic E-state index is 12.3. The first-order chi connectivity index (χ1) is 13.0. The van der Waals surface area contributed by atoms with Crippen molar-refractivity contribution in [2.45, 2.75) is 26.1 Å². The van der Waals surface area contributed by atoms with Crippen molar-refractivity contribution in [2.24, 2.45) is 0 Å². The fraction of sp³-hybridized carbons (Fsp3) is 0.444. The van der Waals surface area contributed by atoms with Crippen LogP contribution < -0.4 is 10.6 Å². The fourth-order valence-corrected chi connectivity index (χ4v) is 3.09. The average molecular weight is 371 g/mol. The van der Waals surface area contributed by atoms with E-state index in [0.29, 0.717) is 24.5 Å². The highest BCUT2D eigenvalue weighted by Gasteiger charge is 2.21. The summed E-state index contributed by atoms with van der Waals surface area (Å²) in [6.07, 6.45) is 2.50. The molecule has 0 unspecified atom stereocenters. The van der Waals surface area contributed by atoms with Gasteiger partial charge in [-0.25, -0.2) is 9.78 Å². The third kappa shape index (κ3) is 4.18. The van der Waals surface area contributed by atoms with Crippen LogP contribution in [-0.4, -0.2) is 64.2 Å². The van der Waals surface area contributed by atoms with E-state index < -0.39 is 0 Å². The average Bonchev–Trinajstić information content (AvgIpc) is 2.95. The van der Waals surface area contributed by atoms with Gasteiger partial charge >= 0.3 is 6.03 Å². The van der Waals surface area contributed by atoms with Gasteiger partial charge < -0.3 is 20.4 Å². The highest BCUT2D eigenvalue weighted by molar-refractivity contribution is 5.98. The molecule has 3 amide bonds. The van der Waals surface area contributed by atoms with E-state index in [1.54, 1.807) is 44.4 Å². The van der Waals surface area contributed by atoms with Gasteiger partial charge in [-0.3, -0.25) is 9.48 Å². The number of nitrogens with zero attached hydrogens (tertiary/aromatic N) is 5. The minimum Gasteiger partial charge on any atom is -0.364 e. The molecule has 0 radical (unpaired) electrons. The molecule has 9 nitrogen and oxygen atoms in total. The molecule has 2 aromatic heterocycles. The number of fused-ring (bicyclic) bond motifs is 1. The molecule has 144 valence electrons. The monoisotopic (exact) mass is 371 g/mol. The maximum atomic E-state index is 12.3. The van der Waals surface area contributed by atoms with Gasteiger partial charge in [-0.05, 0) is 24.6 Å². The molecular weight excluding hydrogens is 346 g/mol. The Balaban J connectivity index is 1.72. The predicted octanol–water partition coefficient (Wildman–Crippen LogP) is 1.14. The molecule has 3 rings (SSSR count). The van der Waals surface area contributed by atoms with Crippen LogP contribution in [0.4, 0.5) is 10.6 Å². The van der Waals surface area contributed by atoms with Crippen molar-refractivity contribution in [3.8, 4) is 0 Å². The van der Waals surface area contributed by atoms with E-state index in [2.05, 4.69) is 20.7 Å². The summed E-state index contributed by atoms with van der Waals surface area (Å²) in [5.74, 6) is 0.327. The Morgan fingerprint density at radius 3 is 2.85 bits per heavy atom. The summed E-state index contributed by atoms with van der Waals surface area (Å²) in [5.41, 5.74) is 2.34. The zero-order chi connectivity index (χ0) is 19.4. The fourth-order valence-electron chi connectivity index (χ4n) is 3.09. The smallest absolute Gasteiger partial charge is 0.319 e. The SMILES string of the molecule is CNC(=O)c1cccnc1NCc1cc2n(n1)CCCN(C(=O)N(C)C)C2. The Hall–Kier alpha value is -3.10. The van der Waals surface area contributed by atoms with E-state index in [1.165, 1.54) is 0 Å². The second-order valence-corrected chi connectivity index (χ2v) is 6.63. The minimum absolute atomic E-state index is 0.00744. The molecule has 0 aliphatic carbocycles. The summed E-state index contributed by atoms with van der Waals surface area (Å²) >= 11 is 0. The Bertz CT molecular complexity index is 831. The molecular formula is C18H25N7O2. The van der Waals surface area contributed by atoms with Gasteiger partial charge in [0.25, 0.3) is 5.91 Å². The molecule has 0 saturated carbocycles. The number of hydrogen-bond acceptors (Lipinski definition) is 5. The highest BCUT2D eigenvalue weighted by Crippen LogP contribution is 2.17. The third-order valence-corrected chi connectivity index (χ3v) is 4.43. The van der Waals surface area contributed by atoms with Gasteiger partial charge in [0.2, 0.25) is 0 Å². The summed E-state index contributed by atoms with van der Waals surface area (Å²) in [6, 6.07) is 5.45. The molecule has 27 heavy (non-hydrogen) atoms. The number of pyridine rings is 1. The Kier molecular flexibility index (Phi) is 5.58. The van der Waals surface area contributed by atoms with Crippen LogP contribution in [0, 0.1) is 0 Å². The molecule has 0 aromatic carbocycles. The number of aryl methyl sites for hydroxylation is 1. The van der Waals surface area contributed by atoms with Gasteiger partial charge in [-0.2, -0.15) is 5.10 Å². The number of amides is 3. The van der Waals surface area contributed by atoms with Gasteiger partial charge in [0.15, 0.2) is 0 Å². The highest BCUT2D eigenvalue weighted by atomic mass is 16.2. The van der Waals surface area contributed by atoms with Crippen LogP contribution in [0.5, 0.6) is 0 Å². The van der Waals surface area contributed by atoms with Crippen LogP contribution in [0.15, 0.2) is 24.4 Å². The number of rotatable bonds is 4. The number of carbonyl (C=O) groups is 2. The quantitative estimate of drug-likeness (QED) is 0.840. The lowest BCUT2D eigenvalue weighted by Crippen LogP contribution is -2.38. The van der Waals surface area contributed by atoms with E-state index >= 15 is 0 Å². The topological polar surface area (TPSA) is 95.4 Å². The molecule has 0 atom stereocenters. The van der Waals surface area contributed by atoms with Crippen molar-refractivity contribution < 1.29 is 9.59 Å². The summed E-state index contributed by atoms with van der Waals surface area (Å²) < 4.78 is 1.96. The van der Waals surface area contributed by atoms with Crippen molar-refractivity contribution in [3.05, 3.63) is 41.3 Å². The number of carbonyl (C=O) groups excluding carboxylic acids is 2. The Labute approximate surface area is 158 Å². The van der Waals surface area contributed by atoms with Gasteiger partial charge in [-0.1, -0.05) is 0 Å². The third-order valence-electron chi connectivity index (χ3n) is 4.43. The lowest BCUT2D eigenvalue weighted by Gasteiger charge is -2.23. The second kappa shape index (κ2) is 8.07. The van der Waals surface area contributed by atoms with Crippen molar-refractivity contribution in [3.63, 3.8) is 0 Å². The molecule has 9 heteroatoms. The number of anilines is 1. The van der Waals surface area contributed by atoms with E-state index in [-0.39, 0.29) is 11.9 Å². The van der Waals surface area contributed by atoms with Crippen LogP contribution in [-0.2, 0) is 19.6 Å². The zero-order valence-corrected chi connectivity index (χ0v) is 15.9. The van der Waals surface area contributed by atoms with Crippen LogP contribution in [0.1, 0.15) is 28.2 Å². The normalized spacial score (nSPS) is 13.5. The number of aromatic nitrogens is 3. The van der Waals surface area contributed by atoms with Crippen molar-refractivity contribution in [1.82, 2.24) is 29.9 Å². The van der Waals surface area contributed by atoms with Crippen molar-refractivity contribution in [2.75, 3.05) is 33.0 Å². The summed E-state index contributed by atoms with van der Waals surface area (Å²) in [6.45, 7) is 2.48. The Morgan fingerprint density at radius 1 is 1.30 bits per heavy atom. The van der Waals surface area contributed by atoms with E-state index in [9.17, 15) is 9.59 Å². The van der Waals surface area contributed by atoms with E-state index in [0.717, 1.165) is 30.9 Å².